The highest BCUT2D eigenvalue weighted by Gasteiger charge is 2.15. The van der Waals surface area contributed by atoms with Crippen LogP contribution in [0, 0.1) is 10.1 Å². The van der Waals surface area contributed by atoms with Crippen molar-refractivity contribution < 1.29 is 14.8 Å². The van der Waals surface area contributed by atoms with Crippen LogP contribution >= 0.6 is 0 Å². The van der Waals surface area contributed by atoms with Gasteiger partial charge in [0.25, 0.3) is 5.69 Å². The van der Waals surface area contributed by atoms with Crippen molar-refractivity contribution in [3.63, 3.8) is 0 Å². The molecule has 0 bridgehead atoms. The Morgan fingerprint density at radius 1 is 1.14 bits per heavy atom. The van der Waals surface area contributed by atoms with E-state index in [0.717, 1.165) is 16.7 Å². The van der Waals surface area contributed by atoms with Crippen molar-refractivity contribution in [1.82, 2.24) is 0 Å². The van der Waals surface area contributed by atoms with E-state index in [1.54, 1.807) is 12.1 Å². The van der Waals surface area contributed by atoms with Crippen LogP contribution in [0.15, 0.2) is 42.5 Å². The first kappa shape index (κ1) is 13.7. The van der Waals surface area contributed by atoms with E-state index in [1.165, 1.54) is 17.7 Å². The van der Waals surface area contributed by atoms with E-state index in [9.17, 15) is 15.2 Å². The number of aliphatic hydroxyl groups is 1. The summed E-state index contributed by atoms with van der Waals surface area (Å²) < 4.78 is 5.36. The highest BCUT2D eigenvalue weighted by Crippen LogP contribution is 2.26. The van der Waals surface area contributed by atoms with E-state index >= 15 is 0 Å². The zero-order valence-corrected chi connectivity index (χ0v) is 11.4. The molecule has 0 spiro atoms. The second-order valence-electron chi connectivity index (χ2n) is 5.16. The Bertz CT molecular complexity index is 666. The summed E-state index contributed by atoms with van der Waals surface area (Å²) in [4.78, 5) is 10.2. The minimum atomic E-state index is -0.627. The molecule has 5 heteroatoms. The molecule has 108 valence electrons. The molecule has 0 saturated carbocycles. The van der Waals surface area contributed by atoms with Gasteiger partial charge in [-0.25, -0.2) is 0 Å². The first-order valence-corrected chi connectivity index (χ1v) is 6.74. The molecule has 0 radical (unpaired) electrons. The highest BCUT2D eigenvalue weighted by atomic mass is 16.6. The summed E-state index contributed by atoms with van der Waals surface area (Å²) in [5, 5.41) is 20.9. The summed E-state index contributed by atoms with van der Waals surface area (Å²) in [6.07, 6.45) is -0.199. The lowest BCUT2D eigenvalue weighted by Gasteiger charge is -2.12. The van der Waals surface area contributed by atoms with Crippen molar-refractivity contribution in [3.05, 3.63) is 74.8 Å². The molecular formula is C16H15NO4. The Kier molecular flexibility index (Phi) is 3.68. The maximum absolute atomic E-state index is 10.6. The highest BCUT2D eigenvalue weighted by molar-refractivity contribution is 5.36. The Labute approximate surface area is 122 Å². The number of non-ortho nitro benzene ring substituents is 1. The van der Waals surface area contributed by atoms with Gasteiger partial charge >= 0.3 is 0 Å². The number of benzene rings is 2. The molecule has 1 aliphatic rings. The van der Waals surface area contributed by atoms with Gasteiger partial charge in [-0.2, -0.15) is 0 Å². The van der Waals surface area contributed by atoms with Gasteiger partial charge in [-0.05, 0) is 22.3 Å². The fraction of sp³-hybridized carbons (Fsp3) is 0.250. The largest absolute Gasteiger partial charge is 0.388 e. The van der Waals surface area contributed by atoms with E-state index in [1.807, 2.05) is 18.2 Å². The number of nitrogens with zero attached hydrogens (tertiary/aromatic N) is 1. The molecular weight excluding hydrogens is 270 g/mol. The number of rotatable bonds is 4. The summed E-state index contributed by atoms with van der Waals surface area (Å²) in [6.45, 7) is 1.22. The molecule has 1 unspecified atom stereocenters. The summed E-state index contributed by atoms with van der Waals surface area (Å²) in [5.41, 5.74) is 4.06. The van der Waals surface area contributed by atoms with Gasteiger partial charge in [0.15, 0.2) is 0 Å². The van der Waals surface area contributed by atoms with Crippen LogP contribution in [0.3, 0.4) is 0 Å². The SMILES string of the molecule is O=[N+]([O-])c1ccc(CC(O)c2ccc3c(c2)COC3)cc1. The number of ether oxygens (including phenoxy) is 1. The van der Waals surface area contributed by atoms with Crippen LogP contribution in [0.25, 0.3) is 0 Å². The Morgan fingerprint density at radius 3 is 2.57 bits per heavy atom. The van der Waals surface area contributed by atoms with Crippen molar-refractivity contribution >= 4 is 5.69 Å². The van der Waals surface area contributed by atoms with Crippen LogP contribution in [0.2, 0.25) is 0 Å². The van der Waals surface area contributed by atoms with Gasteiger partial charge in [0, 0.05) is 18.6 Å². The lowest BCUT2D eigenvalue weighted by Crippen LogP contribution is -2.03. The van der Waals surface area contributed by atoms with Gasteiger partial charge in [-0.3, -0.25) is 10.1 Å². The molecule has 0 saturated heterocycles. The molecule has 21 heavy (non-hydrogen) atoms. The average Bonchev–Trinajstić information content (AvgIpc) is 2.95. The zero-order chi connectivity index (χ0) is 14.8. The molecule has 1 atom stereocenters. The molecule has 2 aromatic carbocycles. The minimum Gasteiger partial charge on any atom is -0.388 e. The van der Waals surface area contributed by atoms with Crippen molar-refractivity contribution in [2.24, 2.45) is 0 Å². The van der Waals surface area contributed by atoms with E-state index in [4.69, 9.17) is 4.74 Å². The van der Waals surface area contributed by atoms with Gasteiger partial charge < -0.3 is 9.84 Å². The number of aliphatic hydroxyl groups excluding tert-OH is 1. The van der Waals surface area contributed by atoms with Gasteiger partial charge in [0.1, 0.15) is 0 Å². The van der Waals surface area contributed by atoms with Crippen LogP contribution in [0.5, 0.6) is 0 Å². The molecule has 1 heterocycles. The number of hydrogen-bond acceptors (Lipinski definition) is 4. The second kappa shape index (κ2) is 5.63. The number of nitro groups is 1. The number of fused-ring (bicyclic) bond motifs is 1. The van der Waals surface area contributed by atoms with Crippen molar-refractivity contribution in [2.75, 3.05) is 0 Å². The second-order valence-corrected chi connectivity index (χ2v) is 5.16. The fourth-order valence-electron chi connectivity index (χ4n) is 2.49. The zero-order valence-electron chi connectivity index (χ0n) is 11.4. The Balaban J connectivity index is 1.73. The first-order valence-electron chi connectivity index (χ1n) is 6.74. The van der Waals surface area contributed by atoms with Gasteiger partial charge in [0.05, 0.1) is 24.2 Å². The van der Waals surface area contributed by atoms with Gasteiger partial charge in [-0.15, -0.1) is 0 Å². The Morgan fingerprint density at radius 2 is 1.86 bits per heavy atom. The molecule has 1 N–H and O–H groups in total. The van der Waals surface area contributed by atoms with Crippen molar-refractivity contribution in [3.8, 4) is 0 Å². The molecule has 0 aliphatic carbocycles. The maximum atomic E-state index is 10.6. The molecule has 0 fully saturated rings. The predicted molar refractivity (Wildman–Crippen MR) is 76.7 cm³/mol. The minimum absolute atomic E-state index is 0.0583. The molecule has 0 amide bonds. The lowest BCUT2D eigenvalue weighted by molar-refractivity contribution is -0.384. The summed E-state index contributed by atoms with van der Waals surface area (Å²) >= 11 is 0. The third-order valence-corrected chi connectivity index (χ3v) is 3.71. The normalized spacial score (nSPS) is 14.7. The van der Waals surface area contributed by atoms with E-state index in [0.29, 0.717) is 19.6 Å². The summed E-state index contributed by atoms with van der Waals surface area (Å²) in [5.74, 6) is 0. The predicted octanol–water partition coefficient (Wildman–Crippen LogP) is 2.90. The monoisotopic (exact) mass is 285 g/mol. The van der Waals surface area contributed by atoms with Crippen LogP contribution < -0.4 is 0 Å². The summed E-state index contributed by atoms with van der Waals surface area (Å²) in [6, 6.07) is 12.1. The standard InChI is InChI=1S/C16H15NO4/c18-16(7-11-1-5-15(6-2-11)17(19)20)12-3-4-13-9-21-10-14(13)8-12/h1-6,8,16,18H,7,9-10H2. The van der Waals surface area contributed by atoms with Crippen molar-refractivity contribution in [2.45, 2.75) is 25.7 Å². The maximum Gasteiger partial charge on any atom is 0.269 e. The van der Waals surface area contributed by atoms with Crippen LogP contribution in [-0.4, -0.2) is 10.0 Å². The topological polar surface area (TPSA) is 72.6 Å². The smallest absolute Gasteiger partial charge is 0.269 e. The molecule has 2 aromatic rings. The first-order chi connectivity index (χ1) is 10.1. The molecule has 5 nitrogen and oxygen atoms in total. The van der Waals surface area contributed by atoms with Crippen LogP contribution in [-0.2, 0) is 24.4 Å². The Hall–Kier alpha value is -2.24. The van der Waals surface area contributed by atoms with Crippen LogP contribution in [0.4, 0.5) is 5.69 Å². The lowest BCUT2D eigenvalue weighted by atomic mass is 9.98. The molecule has 3 rings (SSSR count). The third-order valence-electron chi connectivity index (χ3n) is 3.71. The van der Waals surface area contributed by atoms with Crippen molar-refractivity contribution in [1.29, 1.82) is 0 Å². The molecule has 1 aliphatic heterocycles. The molecule has 0 aromatic heterocycles. The van der Waals surface area contributed by atoms with Gasteiger partial charge in [-0.1, -0.05) is 30.3 Å². The van der Waals surface area contributed by atoms with E-state index < -0.39 is 11.0 Å². The van der Waals surface area contributed by atoms with Gasteiger partial charge in [0.2, 0.25) is 0 Å². The third kappa shape index (κ3) is 2.94. The quantitative estimate of drug-likeness (QED) is 0.692. The van der Waals surface area contributed by atoms with E-state index in [2.05, 4.69) is 0 Å². The number of nitro benzene ring substituents is 1. The number of hydrogen-bond donors (Lipinski definition) is 1. The van der Waals surface area contributed by atoms with Crippen LogP contribution in [0.1, 0.15) is 28.4 Å². The van der Waals surface area contributed by atoms with E-state index in [-0.39, 0.29) is 5.69 Å². The average molecular weight is 285 g/mol. The summed E-state index contributed by atoms with van der Waals surface area (Å²) in [7, 11) is 0. The fourth-order valence-corrected chi connectivity index (χ4v) is 2.49.